The van der Waals surface area contributed by atoms with E-state index in [1.807, 2.05) is 20.8 Å². The van der Waals surface area contributed by atoms with Crippen LogP contribution < -0.4 is 9.64 Å². The Hall–Kier alpha value is -1.85. The van der Waals surface area contributed by atoms with Crippen molar-refractivity contribution < 1.29 is 14.6 Å². The topological polar surface area (TPSA) is 75.6 Å². The van der Waals surface area contributed by atoms with Gasteiger partial charge in [0.25, 0.3) is 0 Å². The van der Waals surface area contributed by atoms with Crippen LogP contribution in [0, 0.1) is 12.3 Å². The minimum Gasteiger partial charge on any atom is -0.481 e. The van der Waals surface area contributed by atoms with E-state index < -0.39 is 11.4 Å². The number of nitrogens with zero attached hydrogens (tertiary/aromatic N) is 3. The molecule has 1 fully saturated rings. The van der Waals surface area contributed by atoms with E-state index >= 15 is 0 Å². The Morgan fingerprint density at radius 2 is 2.10 bits per heavy atom. The number of piperidine rings is 1. The smallest absolute Gasteiger partial charge is 0.309 e. The quantitative estimate of drug-likeness (QED) is 0.907. The maximum atomic E-state index is 11.3. The maximum absolute atomic E-state index is 11.3. The minimum absolute atomic E-state index is 0.564. The van der Waals surface area contributed by atoms with Gasteiger partial charge in [-0.25, -0.2) is 9.97 Å². The molecule has 1 saturated heterocycles. The van der Waals surface area contributed by atoms with Crippen molar-refractivity contribution in [3.8, 4) is 5.88 Å². The van der Waals surface area contributed by atoms with Crippen molar-refractivity contribution in [1.29, 1.82) is 0 Å². The van der Waals surface area contributed by atoms with Crippen LogP contribution in [-0.4, -0.2) is 40.7 Å². The second-order valence-corrected chi connectivity index (χ2v) is 5.41. The molecule has 1 aromatic rings. The number of carboxylic acids is 1. The summed E-state index contributed by atoms with van der Waals surface area (Å²) in [5, 5.41) is 9.26. The first-order valence-corrected chi connectivity index (χ1v) is 6.90. The minimum atomic E-state index is -0.716. The largest absolute Gasteiger partial charge is 0.481 e. The fourth-order valence-electron chi connectivity index (χ4n) is 2.45. The summed E-state index contributed by atoms with van der Waals surface area (Å²) in [6.45, 7) is 7.60. The monoisotopic (exact) mass is 279 g/mol. The summed E-state index contributed by atoms with van der Waals surface area (Å²) in [6.07, 6.45) is 2.74. The molecule has 0 unspecified atom stereocenters. The molecule has 20 heavy (non-hydrogen) atoms. The number of ether oxygens (including phenoxy) is 1. The van der Waals surface area contributed by atoms with Gasteiger partial charge in [0.2, 0.25) is 5.88 Å². The van der Waals surface area contributed by atoms with Crippen LogP contribution in [0.1, 0.15) is 32.3 Å². The number of anilines is 1. The normalized spacial score (nSPS) is 17.9. The molecule has 2 heterocycles. The van der Waals surface area contributed by atoms with Crippen molar-refractivity contribution in [2.24, 2.45) is 5.41 Å². The number of rotatable bonds is 4. The molecule has 1 aliphatic rings. The average molecular weight is 279 g/mol. The number of aromatic nitrogens is 2. The van der Waals surface area contributed by atoms with Gasteiger partial charge in [-0.15, -0.1) is 0 Å². The van der Waals surface area contributed by atoms with Crippen molar-refractivity contribution >= 4 is 11.8 Å². The molecule has 6 nitrogen and oxygen atoms in total. The molecule has 0 saturated carbocycles. The van der Waals surface area contributed by atoms with Crippen molar-refractivity contribution in [3.05, 3.63) is 11.9 Å². The number of aliphatic carboxylic acids is 1. The lowest BCUT2D eigenvalue weighted by atomic mass is 9.80. The van der Waals surface area contributed by atoms with Crippen LogP contribution in [0.25, 0.3) is 0 Å². The fraction of sp³-hybridized carbons (Fsp3) is 0.643. The molecule has 1 aromatic heterocycles. The molecule has 0 aliphatic carbocycles. The lowest BCUT2D eigenvalue weighted by molar-refractivity contribution is -0.149. The van der Waals surface area contributed by atoms with Crippen molar-refractivity contribution in [1.82, 2.24) is 9.97 Å². The molecule has 1 N–H and O–H groups in total. The van der Waals surface area contributed by atoms with Gasteiger partial charge in [-0.1, -0.05) is 0 Å². The maximum Gasteiger partial charge on any atom is 0.309 e. The van der Waals surface area contributed by atoms with Crippen LogP contribution in [0.5, 0.6) is 5.88 Å². The number of carbonyl (C=O) groups is 1. The Labute approximate surface area is 118 Å². The SMILES string of the molecule is CCOc1ncnc(N2CCC(C)(C(=O)O)CC2)c1C. The van der Waals surface area contributed by atoms with Crippen LogP contribution in [0.4, 0.5) is 5.82 Å². The van der Waals surface area contributed by atoms with Crippen molar-refractivity contribution in [2.75, 3.05) is 24.6 Å². The first kappa shape index (κ1) is 14.6. The van der Waals surface area contributed by atoms with E-state index in [1.165, 1.54) is 6.33 Å². The fourth-order valence-corrected chi connectivity index (χ4v) is 2.45. The first-order chi connectivity index (χ1) is 9.48. The number of hydrogen-bond donors (Lipinski definition) is 1. The van der Waals surface area contributed by atoms with Gasteiger partial charge in [0.1, 0.15) is 12.1 Å². The zero-order valence-electron chi connectivity index (χ0n) is 12.2. The predicted molar refractivity (Wildman–Crippen MR) is 75.1 cm³/mol. The summed E-state index contributed by atoms with van der Waals surface area (Å²) < 4.78 is 5.48. The van der Waals surface area contributed by atoms with Gasteiger partial charge in [0.05, 0.1) is 17.6 Å². The van der Waals surface area contributed by atoms with Crippen LogP contribution in [0.2, 0.25) is 0 Å². The summed E-state index contributed by atoms with van der Waals surface area (Å²) in [7, 11) is 0. The summed E-state index contributed by atoms with van der Waals surface area (Å²) in [5.74, 6) is 0.728. The van der Waals surface area contributed by atoms with Crippen LogP contribution in [-0.2, 0) is 4.79 Å². The zero-order valence-corrected chi connectivity index (χ0v) is 12.2. The number of carboxylic acid groups (broad SMARTS) is 1. The van der Waals surface area contributed by atoms with Crippen molar-refractivity contribution in [2.45, 2.75) is 33.6 Å². The third kappa shape index (κ3) is 2.69. The van der Waals surface area contributed by atoms with E-state index in [4.69, 9.17) is 4.74 Å². The Kier molecular flexibility index (Phi) is 4.11. The summed E-state index contributed by atoms with van der Waals surface area (Å²) >= 11 is 0. The third-order valence-electron chi connectivity index (χ3n) is 3.98. The molecule has 0 bridgehead atoms. The Balaban J connectivity index is 2.15. The molecular weight excluding hydrogens is 258 g/mol. The van der Waals surface area contributed by atoms with Gasteiger partial charge in [-0.2, -0.15) is 0 Å². The standard InChI is InChI=1S/C14H21N3O3/c1-4-20-12-10(2)11(15-9-16-12)17-7-5-14(3,6-8-17)13(18)19/h9H,4-8H2,1-3H3,(H,18,19). The molecule has 0 atom stereocenters. The zero-order chi connectivity index (χ0) is 14.8. The molecule has 0 spiro atoms. The highest BCUT2D eigenvalue weighted by atomic mass is 16.5. The summed E-state index contributed by atoms with van der Waals surface area (Å²) in [4.78, 5) is 21.8. The van der Waals surface area contributed by atoms with E-state index in [-0.39, 0.29) is 0 Å². The lowest BCUT2D eigenvalue weighted by Gasteiger charge is -2.37. The third-order valence-corrected chi connectivity index (χ3v) is 3.98. The van der Waals surface area contributed by atoms with Crippen LogP contribution >= 0.6 is 0 Å². The molecule has 0 radical (unpaired) electrons. The molecule has 0 amide bonds. The van der Waals surface area contributed by atoms with Gasteiger partial charge < -0.3 is 14.7 Å². The van der Waals surface area contributed by atoms with Gasteiger partial charge in [-0.05, 0) is 33.6 Å². The second kappa shape index (κ2) is 5.64. The molecule has 2 rings (SSSR count). The predicted octanol–water partition coefficient (Wildman–Crippen LogP) is 1.87. The molecular formula is C14H21N3O3. The molecule has 110 valence electrons. The summed E-state index contributed by atoms with van der Waals surface area (Å²) in [5.41, 5.74) is 0.286. The molecule has 6 heteroatoms. The Bertz CT molecular complexity index is 496. The highest BCUT2D eigenvalue weighted by molar-refractivity contribution is 5.74. The van der Waals surface area contributed by atoms with Gasteiger partial charge >= 0.3 is 5.97 Å². The van der Waals surface area contributed by atoms with Gasteiger partial charge in [0, 0.05) is 13.1 Å². The number of hydrogen-bond acceptors (Lipinski definition) is 5. The second-order valence-electron chi connectivity index (χ2n) is 5.41. The van der Waals surface area contributed by atoms with Crippen molar-refractivity contribution in [3.63, 3.8) is 0 Å². The highest BCUT2D eigenvalue weighted by Gasteiger charge is 2.37. The van der Waals surface area contributed by atoms with E-state index in [1.54, 1.807) is 0 Å². The van der Waals surface area contributed by atoms with Gasteiger partial charge in [0.15, 0.2) is 0 Å². The lowest BCUT2D eigenvalue weighted by Crippen LogP contribution is -2.43. The van der Waals surface area contributed by atoms with Crippen LogP contribution in [0.15, 0.2) is 6.33 Å². The van der Waals surface area contributed by atoms with Gasteiger partial charge in [-0.3, -0.25) is 4.79 Å². The van der Waals surface area contributed by atoms with E-state index in [9.17, 15) is 9.90 Å². The van der Waals surface area contributed by atoms with Crippen LogP contribution in [0.3, 0.4) is 0 Å². The average Bonchev–Trinajstić information content (AvgIpc) is 2.42. The Morgan fingerprint density at radius 1 is 1.45 bits per heavy atom. The summed E-state index contributed by atoms with van der Waals surface area (Å²) in [6, 6.07) is 0. The van der Waals surface area contributed by atoms with E-state index in [0.717, 1.165) is 11.4 Å². The Morgan fingerprint density at radius 3 is 2.65 bits per heavy atom. The highest BCUT2D eigenvalue weighted by Crippen LogP contribution is 2.34. The molecule has 1 aliphatic heterocycles. The molecule has 0 aromatic carbocycles. The first-order valence-electron chi connectivity index (χ1n) is 6.90. The van der Waals surface area contributed by atoms with E-state index in [2.05, 4.69) is 14.9 Å². The van der Waals surface area contributed by atoms with E-state index in [0.29, 0.717) is 38.4 Å².